The first-order valence-electron chi connectivity index (χ1n) is 5.41. The molecule has 0 radical (unpaired) electrons. The molecule has 0 bridgehead atoms. The first-order valence-corrected chi connectivity index (χ1v) is 5.41. The molecule has 7 nitrogen and oxygen atoms in total. The molecular formula is C10H13N3O4. The number of nitrogens with zero attached hydrogens (tertiary/aromatic N) is 3. The topological polar surface area (TPSA) is 96.5 Å². The third kappa shape index (κ3) is 2.43. The molecule has 92 valence electrons. The fourth-order valence-electron chi connectivity index (χ4n) is 2.03. The Morgan fingerprint density at radius 1 is 1.59 bits per heavy atom. The lowest BCUT2D eigenvalue weighted by Gasteiger charge is -2.21. The number of amides is 1. The van der Waals surface area contributed by atoms with Gasteiger partial charge in [-0.3, -0.25) is 9.59 Å². The van der Waals surface area contributed by atoms with Gasteiger partial charge < -0.3 is 14.5 Å². The molecule has 7 heteroatoms. The number of carbonyl (C=O) groups is 2. The van der Waals surface area contributed by atoms with E-state index < -0.39 is 5.97 Å². The van der Waals surface area contributed by atoms with Crippen LogP contribution in [-0.2, 0) is 4.79 Å². The standard InChI is InChI=1S/C10H13N3O4/c1-6-11-9(12-17-6)10(16)13-4-2-3-7(13)5-8(14)15/h7H,2-5H2,1H3,(H,14,15). The van der Waals surface area contributed by atoms with Gasteiger partial charge in [0.25, 0.3) is 11.7 Å². The predicted octanol–water partition coefficient (Wildman–Crippen LogP) is 0.457. The second-order valence-electron chi connectivity index (χ2n) is 4.03. The van der Waals surface area contributed by atoms with Gasteiger partial charge in [0.05, 0.1) is 6.42 Å². The van der Waals surface area contributed by atoms with Crippen LogP contribution in [0, 0.1) is 6.92 Å². The van der Waals surface area contributed by atoms with Gasteiger partial charge in [0.2, 0.25) is 5.89 Å². The highest BCUT2D eigenvalue weighted by molar-refractivity contribution is 5.91. The molecule has 1 unspecified atom stereocenters. The molecule has 1 amide bonds. The van der Waals surface area contributed by atoms with E-state index in [-0.39, 0.29) is 24.2 Å². The third-order valence-corrected chi connectivity index (χ3v) is 2.77. The van der Waals surface area contributed by atoms with E-state index >= 15 is 0 Å². The molecule has 1 fully saturated rings. The third-order valence-electron chi connectivity index (χ3n) is 2.77. The first kappa shape index (κ1) is 11.6. The number of aromatic nitrogens is 2. The fourth-order valence-corrected chi connectivity index (χ4v) is 2.03. The summed E-state index contributed by atoms with van der Waals surface area (Å²) in [7, 11) is 0. The van der Waals surface area contributed by atoms with Gasteiger partial charge in [0.15, 0.2) is 0 Å². The Morgan fingerprint density at radius 3 is 2.94 bits per heavy atom. The van der Waals surface area contributed by atoms with Crippen LogP contribution in [-0.4, -0.2) is 44.6 Å². The molecule has 0 saturated carbocycles. The van der Waals surface area contributed by atoms with Crippen molar-refractivity contribution in [1.29, 1.82) is 0 Å². The van der Waals surface area contributed by atoms with Crippen LogP contribution < -0.4 is 0 Å². The van der Waals surface area contributed by atoms with E-state index in [1.54, 1.807) is 6.92 Å². The van der Waals surface area contributed by atoms with Gasteiger partial charge in [-0.2, -0.15) is 4.98 Å². The number of hydrogen-bond acceptors (Lipinski definition) is 5. The Hall–Kier alpha value is -1.92. The van der Waals surface area contributed by atoms with Gasteiger partial charge in [-0.25, -0.2) is 0 Å². The minimum absolute atomic E-state index is 0.000196. The van der Waals surface area contributed by atoms with Gasteiger partial charge in [-0.15, -0.1) is 0 Å². The maximum absolute atomic E-state index is 12.0. The molecule has 1 N–H and O–H groups in total. The molecule has 2 rings (SSSR count). The van der Waals surface area contributed by atoms with Crippen LogP contribution in [0.3, 0.4) is 0 Å². The molecule has 1 aromatic heterocycles. The Kier molecular flexibility index (Phi) is 3.08. The second-order valence-corrected chi connectivity index (χ2v) is 4.03. The summed E-state index contributed by atoms with van der Waals surface area (Å²) >= 11 is 0. The van der Waals surface area contributed by atoms with E-state index in [1.807, 2.05) is 0 Å². The van der Waals surface area contributed by atoms with Gasteiger partial charge in [0, 0.05) is 19.5 Å². The molecule has 0 aliphatic carbocycles. The van der Waals surface area contributed by atoms with E-state index in [0.717, 1.165) is 6.42 Å². The number of aliphatic carboxylic acids is 1. The Morgan fingerprint density at radius 2 is 2.35 bits per heavy atom. The molecule has 1 aromatic rings. The maximum Gasteiger partial charge on any atom is 0.305 e. The average molecular weight is 239 g/mol. The summed E-state index contributed by atoms with van der Waals surface area (Å²) in [5.41, 5.74) is 0. The molecule has 17 heavy (non-hydrogen) atoms. The van der Waals surface area contributed by atoms with Crippen molar-refractivity contribution < 1.29 is 19.2 Å². The first-order chi connectivity index (χ1) is 8.08. The summed E-state index contributed by atoms with van der Waals surface area (Å²) in [5, 5.41) is 12.3. The van der Waals surface area contributed by atoms with E-state index in [2.05, 4.69) is 10.1 Å². The minimum Gasteiger partial charge on any atom is -0.481 e. The lowest BCUT2D eigenvalue weighted by Crippen LogP contribution is -2.37. The van der Waals surface area contributed by atoms with E-state index in [9.17, 15) is 9.59 Å². The number of carboxylic acid groups (broad SMARTS) is 1. The largest absolute Gasteiger partial charge is 0.481 e. The highest BCUT2D eigenvalue weighted by atomic mass is 16.5. The van der Waals surface area contributed by atoms with Gasteiger partial charge >= 0.3 is 5.97 Å². The summed E-state index contributed by atoms with van der Waals surface area (Å²) in [6.07, 6.45) is 1.47. The minimum atomic E-state index is -0.904. The molecular weight excluding hydrogens is 226 g/mol. The van der Waals surface area contributed by atoms with Crippen molar-refractivity contribution in [3.63, 3.8) is 0 Å². The van der Waals surface area contributed by atoms with Crippen LogP contribution in [0.4, 0.5) is 0 Å². The van der Waals surface area contributed by atoms with Gasteiger partial charge in [0.1, 0.15) is 0 Å². The maximum atomic E-state index is 12.0. The molecule has 1 atom stereocenters. The monoisotopic (exact) mass is 239 g/mol. The van der Waals surface area contributed by atoms with E-state index in [1.165, 1.54) is 4.90 Å². The molecule has 2 heterocycles. The van der Waals surface area contributed by atoms with Crippen molar-refractivity contribution in [1.82, 2.24) is 15.0 Å². The Balaban J connectivity index is 2.10. The lowest BCUT2D eigenvalue weighted by atomic mass is 10.1. The van der Waals surface area contributed by atoms with Crippen molar-refractivity contribution in [3.8, 4) is 0 Å². The number of aryl methyl sites for hydroxylation is 1. The number of hydrogen-bond donors (Lipinski definition) is 1. The summed E-state index contributed by atoms with van der Waals surface area (Å²) in [6.45, 7) is 2.15. The predicted molar refractivity (Wildman–Crippen MR) is 55.3 cm³/mol. The molecule has 1 aliphatic rings. The number of carboxylic acids is 1. The van der Waals surface area contributed by atoms with Crippen LogP contribution >= 0.6 is 0 Å². The van der Waals surface area contributed by atoms with Gasteiger partial charge in [-0.1, -0.05) is 5.16 Å². The molecule has 1 aliphatic heterocycles. The van der Waals surface area contributed by atoms with Crippen LogP contribution in [0.25, 0.3) is 0 Å². The Labute approximate surface area is 97.4 Å². The van der Waals surface area contributed by atoms with Crippen LogP contribution in [0.2, 0.25) is 0 Å². The van der Waals surface area contributed by atoms with Crippen LogP contribution in [0.5, 0.6) is 0 Å². The lowest BCUT2D eigenvalue weighted by molar-refractivity contribution is -0.137. The molecule has 1 saturated heterocycles. The summed E-state index contributed by atoms with van der Waals surface area (Å²) in [4.78, 5) is 28.0. The SMILES string of the molecule is Cc1nc(C(=O)N2CCCC2CC(=O)O)no1. The quantitative estimate of drug-likeness (QED) is 0.822. The number of carbonyl (C=O) groups excluding carboxylic acids is 1. The van der Waals surface area contributed by atoms with Crippen molar-refractivity contribution in [3.05, 3.63) is 11.7 Å². The fraction of sp³-hybridized carbons (Fsp3) is 0.600. The average Bonchev–Trinajstić information content (AvgIpc) is 2.85. The van der Waals surface area contributed by atoms with Crippen molar-refractivity contribution in [2.24, 2.45) is 0 Å². The number of likely N-dealkylation sites (tertiary alicyclic amines) is 1. The van der Waals surface area contributed by atoms with Gasteiger partial charge in [-0.05, 0) is 12.8 Å². The zero-order chi connectivity index (χ0) is 12.4. The summed E-state index contributed by atoms with van der Waals surface area (Å²) in [5.74, 6) is -0.938. The van der Waals surface area contributed by atoms with Crippen molar-refractivity contribution in [2.45, 2.75) is 32.2 Å². The van der Waals surface area contributed by atoms with E-state index in [0.29, 0.717) is 18.9 Å². The zero-order valence-electron chi connectivity index (χ0n) is 9.42. The highest BCUT2D eigenvalue weighted by Crippen LogP contribution is 2.21. The second kappa shape index (κ2) is 4.52. The van der Waals surface area contributed by atoms with Crippen LogP contribution in [0.1, 0.15) is 35.8 Å². The van der Waals surface area contributed by atoms with Crippen LogP contribution in [0.15, 0.2) is 4.52 Å². The smallest absolute Gasteiger partial charge is 0.305 e. The highest BCUT2D eigenvalue weighted by Gasteiger charge is 2.32. The van der Waals surface area contributed by atoms with E-state index in [4.69, 9.17) is 9.63 Å². The molecule has 0 spiro atoms. The molecule has 0 aromatic carbocycles. The number of rotatable bonds is 3. The van der Waals surface area contributed by atoms with Crippen molar-refractivity contribution >= 4 is 11.9 Å². The summed E-state index contributed by atoms with van der Waals surface area (Å²) < 4.78 is 4.74. The van der Waals surface area contributed by atoms with Crippen molar-refractivity contribution in [2.75, 3.05) is 6.54 Å². The normalized spacial score (nSPS) is 19.6. The summed E-state index contributed by atoms with van der Waals surface area (Å²) in [6, 6.07) is -0.265. The zero-order valence-corrected chi connectivity index (χ0v) is 9.42. The Bertz CT molecular complexity index is 443.